The second-order valence-electron chi connectivity index (χ2n) is 8.61. The molecule has 6 nitrogen and oxygen atoms in total. The van der Waals surface area contributed by atoms with Crippen molar-refractivity contribution in [2.45, 2.75) is 26.8 Å². The van der Waals surface area contributed by atoms with Gasteiger partial charge in [-0.15, -0.1) is 0 Å². The van der Waals surface area contributed by atoms with Crippen LogP contribution >= 0.6 is 27.3 Å². The first-order valence-electron chi connectivity index (χ1n) is 11.5. The van der Waals surface area contributed by atoms with E-state index in [1.165, 1.54) is 16.2 Å². The van der Waals surface area contributed by atoms with Crippen LogP contribution in [0.25, 0.3) is 16.0 Å². The highest BCUT2D eigenvalue weighted by atomic mass is 79.9. The van der Waals surface area contributed by atoms with E-state index in [-0.39, 0.29) is 11.3 Å². The molecule has 1 aliphatic rings. The first-order valence-corrected chi connectivity index (χ1v) is 13.1. The van der Waals surface area contributed by atoms with Crippen molar-refractivity contribution in [2.75, 3.05) is 11.5 Å². The van der Waals surface area contributed by atoms with Crippen LogP contribution in [0.15, 0.2) is 70.7 Å². The number of halogens is 1. The molecule has 1 amide bonds. The molecule has 4 aromatic rings. The zero-order valence-electron chi connectivity index (χ0n) is 19.9. The number of aliphatic hydroxyl groups excluding tert-OH is 1. The molecule has 0 aliphatic carbocycles. The normalized spacial score (nSPS) is 17.2. The predicted octanol–water partition coefficient (Wildman–Crippen LogP) is 6.70. The van der Waals surface area contributed by atoms with Crippen LogP contribution in [0.4, 0.5) is 5.13 Å². The van der Waals surface area contributed by atoms with Gasteiger partial charge in [0.15, 0.2) is 5.13 Å². The Morgan fingerprint density at radius 1 is 1.11 bits per heavy atom. The molecule has 36 heavy (non-hydrogen) atoms. The average molecular weight is 563 g/mol. The molecule has 0 saturated carbocycles. The van der Waals surface area contributed by atoms with Gasteiger partial charge in [-0.3, -0.25) is 14.5 Å². The molecule has 1 saturated heterocycles. The standard InChI is InChI=1S/C28H23BrN2O4S/c1-4-35-20-10-8-17(9-11-20)25(32)22-24(18-6-5-7-19(29)14-18)31(27(34)26(22)33)28-30-23-16(3)12-15(2)13-21(23)36-28/h5-14,24,32H,4H2,1-3H3. The number of hydrogen-bond acceptors (Lipinski definition) is 6. The van der Waals surface area contributed by atoms with Crippen molar-refractivity contribution in [3.8, 4) is 5.75 Å². The number of aromatic nitrogens is 1. The van der Waals surface area contributed by atoms with Crippen LogP contribution in [0.5, 0.6) is 5.75 Å². The molecule has 182 valence electrons. The van der Waals surface area contributed by atoms with E-state index >= 15 is 0 Å². The minimum atomic E-state index is -0.837. The van der Waals surface area contributed by atoms with Gasteiger partial charge in [0.1, 0.15) is 11.5 Å². The number of thiazole rings is 1. The fourth-order valence-corrected chi connectivity index (χ4v) is 6.10. The Kier molecular flexibility index (Phi) is 6.40. The number of benzene rings is 3. The van der Waals surface area contributed by atoms with Gasteiger partial charge in [0.25, 0.3) is 5.78 Å². The van der Waals surface area contributed by atoms with Gasteiger partial charge in [-0.1, -0.05) is 45.5 Å². The molecule has 1 unspecified atom stereocenters. The molecular weight excluding hydrogens is 540 g/mol. The van der Waals surface area contributed by atoms with E-state index in [4.69, 9.17) is 9.72 Å². The maximum atomic E-state index is 13.5. The minimum absolute atomic E-state index is 0.0226. The summed E-state index contributed by atoms with van der Waals surface area (Å²) in [6.07, 6.45) is 0. The van der Waals surface area contributed by atoms with Gasteiger partial charge in [-0.25, -0.2) is 4.98 Å². The van der Waals surface area contributed by atoms with Crippen LogP contribution in [-0.2, 0) is 9.59 Å². The molecule has 3 aromatic carbocycles. The molecule has 0 spiro atoms. The van der Waals surface area contributed by atoms with Gasteiger partial charge in [0.2, 0.25) is 0 Å². The monoisotopic (exact) mass is 562 g/mol. The molecule has 5 rings (SSSR count). The third-order valence-corrected chi connectivity index (χ3v) is 7.57. The van der Waals surface area contributed by atoms with Gasteiger partial charge >= 0.3 is 5.91 Å². The summed E-state index contributed by atoms with van der Waals surface area (Å²) >= 11 is 4.85. The summed E-state index contributed by atoms with van der Waals surface area (Å²) in [5, 5.41) is 11.7. The van der Waals surface area contributed by atoms with Crippen molar-refractivity contribution < 1.29 is 19.4 Å². The Morgan fingerprint density at radius 2 is 1.86 bits per heavy atom. The SMILES string of the molecule is CCOc1ccc(C(O)=C2C(=O)C(=O)N(c3nc4c(C)cc(C)cc4s3)C2c2cccc(Br)c2)cc1. The van der Waals surface area contributed by atoms with E-state index in [0.717, 1.165) is 25.8 Å². The molecule has 1 aromatic heterocycles. The zero-order valence-corrected chi connectivity index (χ0v) is 22.3. The lowest BCUT2D eigenvalue weighted by Crippen LogP contribution is -2.29. The number of carbonyl (C=O) groups is 2. The summed E-state index contributed by atoms with van der Waals surface area (Å²) in [5.74, 6) is -1.06. The van der Waals surface area contributed by atoms with E-state index in [1.807, 2.05) is 57.2 Å². The number of carbonyl (C=O) groups excluding carboxylic acids is 2. The number of ketones is 1. The van der Waals surface area contributed by atoms with E-state index in [0.29, 0.717) is 28.6 Å². The number of anilines is 1. The Bertz CT molecular complexity index is 1540. The number of nitrogens with zero attached hydrogens (tertiary/aromatic N) is 2. The topological polar surface area (TPSA) is 79.7 Å². The first-order chi connectivity index (χ1) is 17.3. The van der Waals surface area contributed by atoms with Crippen molar-refractivity contribution in [3.05, 3.63) is 93.0 Å². The molecule has 1 atom stereocenters. The second-order valence-corrected chi connectivity index (χ2v) is 10.5. The summed E-state index contributed by atoms with van der Waals surface area (Å²) in [6.45, 7) is 6.39. The van der Waals surface area contributed by atoms with Gasteiger partial charge < -0.3 is 9.84 Å². The molecular formula is C28H23BrN2O4S. The highest BCUT2D eigenvalue weighted by Crippen LogP contribution is 2.45. The molecule has 0 radical (unpaired) electrons. The quantitative estimate of drug-likeness (QED) is 0.166. The summed E-state index contributed by atoms with van der Waals surface area (Å²) in [6, 6.07) is 17.4. The van der Waals surface area contributed by atoms with Gasteiger partial charge in [0.05, 0.1) is 28.4 Å². The van der Waals surface area contributed by atoms with E-state index in [1.54, 1.807) is 24.3 Å². The number of ether oxygens (including phenoxy) is 1. The fraction of sp³-hybridized carbons (Fsp3) is 0.179. The highest BCUT2D eigenvalue weighted by molar-refractivity contribution is 9.10. The molecule has 2 heterocycles. The number of fused-ring (bicyclic) bond motifs is 1. The van der Waals surface area contributed by atoms with Crippen LogP contribution in [0, 0.1) is 13.8 Å². The zero-order chi connectivity index (χ0) is 25.6. The largest absolute Gasteiger partial charge is 0.507 e. The van der Waals surface area contributed by atoms with Gasteiger partial charge in [-0.2, -0.15) is 0 Å². The van der Waals surface area contributed by atoms with Crippen LogP contribution in [0.1, 0.15) is 35.2 Å². The third-order valence-electron chi connectivity index (χ3n) is 6.07. The number of aliphatic hydroxyl groups is 1. The maximum absolute atomic E-state index is 13.5. The maximum Gasteiger partial charge on any atom is 0.301 e. The lowest BCUT2D eigenvalue weighted by atomic mass is 9.95. The van der Waals surface area contributed by atoms with Crippen molar-refractivity contribution in [3.63, 3.8) is 0 Å². The third kappa shape index (κ3) is 4.20. The lowest BCUT2D eigenvalue weighted by molar-refractivity contribution is -0.132. The molecule has 1 N–H and O–H groups in total. The van der Waals surface area contributed by atoms with Crippen molar-refractivity contribution in [1.82, 2.24) is 4.98 Å². The van der Waals surface area contributed by atoms with Crippen molar-refractivity contribution in [2.24, 2.45) is 0 Å². The van der Waals surface area contributed by atoms with Gasteiger partial charge in [0, 0.05) is 10.0 Å². The Morgan fingerprint density at radius 3 is 2.56 bits per heavy atom. The van der Waals surface area contributed by atoms with E-state index in [2.05, 4.69) is 15.9 Å². The lowest BCUT2D eigenvalue weighted by Gasteiger charge is -2.23. The number of hydrogen-bond donors (Lipinski definition) is 1. The Hall–Kier alpha value is -3.49. The van der Waals surface area contributed by atoms with Crippen LogP contribution in [0.3, 0.4) is 0 Å². The predicted molar refractivity (Wildman–Crippen MR) is 146 cm³/mol. The molecule has 8 heteroatoms. The highest BCUT2D eigenvalue weighted by Gasteiger charge is 2.48. The molecule has 1 fully saturated rings. The van der Waals surface area contributed by atoms with Crippen LogP contribution < -0.4 is 9.64 Å². The number of Topliss-reactive ketones (excluding diaryl/α,β-unsaturated/α-hetero) is 1. The molecule has 0 bridgehead atoms. The second kappa shape index (κ2) is 9.52. The van der Waals surface area contributed by atoms with Crippen molar-refractivity contribution in [1.29, 1.82) is 0 Å². The van der Waals surface area contributed by atoms with Crippen LogP contribution in [-0.4, -0.2) is 28.4 Å². The van der Waals surface area contributed by atoms with E-state index in [9.17, 15) is 14.7 Å². The summed E-state index contributed by atoms with van der Waals surface area (Å²) in [4.78, 5) is 33.0. The summed E-state index contributed by atoms with van der Waals surface area (Å²) < 4.78 is 7.22. The smallest absolute Gasteiger partial charge is 0.301 e. The summed E-state index contributed by atoms with van der Waals surface area (Å²) in [7, 11) is 0. The number of rotatable bonds is 5. The Balaban J connectivity index is 1.70. The number of aryl methyl sites for hydroxylation is 2. The molecule has 1 aliphatic heterocycles. The average Bonchev–Trinajstić information content (AvgIpc) is 3.38. The fourth-order valence-electron chi connectivity index (χ4n) is 4.52. The minimum Gasteiger partial charge on any atom is -0.507 e. The number of amides is 1. The Labute approximate surface area is 221 Å². The first kappa shape index (κ1) is 24.2. The van der Waals surface area contributed by atoms with Gasteiger partial charge in [-0.05, 0) is 79.9 Å². The van der Waals surface area contributed by atoms with Crippen LogP contribution in [0.2, 0.25) is 0 Å². The summed E-state index contributed by atoms with van der Waals surface area (Å²) in [5.41, 5.74) is 4.01. The van der Waals surface area contributed by atoms with E-state index < -0.39 is 17.7 Å². The van der Waals surface area contributed by atoms with Crippen molar-refractivity contribution >= 4 is 60.1 Å².